The van der Waals surface area contributed by atoms with Gasteiger partial charge in [0.15, 0.2) is 17.5 Å². The van der Waals surface area contributed by atoms with Crippen molar-refractivity contribution in [2.45, 2.75) is 19.3 Å². The van der Waals surface area contributed by atoms with Crippen molar-refractivity contribution in [3.8, 4) is 51.2 Å². The topological polar surface area (TPSA) is 171 Å². The zero-order valence-electron chi connectivity index (χ0n) is 70.5. The fraction of sp³-hybridized carbons (Fsp3) is 0.0256. The number of hydrogen-bond acceptors (Lipinski definition) is 13. The standard InChI is InChI=1S/C41H23N3O2.C38H17N3O3.C38H19N3OS/c1-41(2)21-12-16-27-35-31(21)32-22(41)13-17-28-36(32)38-30(46-28)19-15-26-34(38)33-25(14-18-29(45-27)37(33)35)44(26)40-39(20-8-4-3-5-9-20)42-23-10-6-7-11-24(23)43-40;1-2-6-18(7-3-1)37-38(40-20-9-5-4-8-19(20)39-37)41-21-10-12-23-31-29(21)30-22(41)11-13-24-32(30)34-26(43-24)15-17-28-36(34)35-27(44-28)16-14-25(42-23)33(31)35;1-2-8-20(9-3-1)37-38(40-24-13-5-4-12-23(24)39-37)41-25-14-6-10-21-22-11-7-15-29-32(22)36-30(43-29)19-18-28-35(36)34-27(42-28)17-16-26(41)33(34)31(21)25/h3-19H,1-2H3;1-17H;1-19H. The van der Waals surface area contributed by atoms with Gasteiger partial charge in [0.1, 0.15) is 84.1 Å². The summed E-state index contributed by atoms with van der Waals surface area (Å²) in [4.78, 5) is 31.7. The van der Waals surface area contributed by atoms with Gasteiger partial charge in [-0.1, -0.05) is 178 Å². The van der Waals surface area contributed by atoms with E-state index in [1.807, 2.05) is 139 Å². The van der Waals surface area contributed by atoms with Gasteiger partial charge in [0, 0.05) is 139 Å². The molecule has 15 nitrogen and oxygen atoms in total. The number of hydrogen-bond donors (Lipinski definition) is 0. The first-order chi connectivity index (χ1) is 65.7. The second kappa shape index (κ2) is 24.2. The molecule has 13 heterocycles. The molecule has 0 amide bonds. The number of aromatic nitrogens is 9. The van der Waals surface area contributed by atoms with E-state index in [1.54, 1.807) is 0 Å². The molecule has 0 spiro atoms. The van der Waals surface area contributed by atoms with Gasteiger partial charge in [-0.25, -0.2) is 29.9 Å². The molecule has 0 saturated carbocycles. The van der Waals surface area contributed by atoms with Crippen molar-refractivity contribution < 1.29 is 26.5 Å². The third-order valence-corrected chi connectivity index (χ3v) is 30.4. The molecule has 13 aromatic heterocycles. The molecule has 16 heteroatoms. The Balaban J connectivity index is 0.0000000904. The van der Waals surface area contributed by atoms with Crippen LogP contribution in [0.5, 0.6) is 0 Å². The Bertz CT molecular complexity index is 10800. The zero-order valence-corrected chi connectivity index (χ0v) is 71.3. The quantitative estimate of drug-likeness (QED) is 0.155. The highest BCUT2D eigenvalue weighted by Gasteiger charge is 2.40. The molecule has 35 rings (SSSR count). The van der Waals surface area contributed by atoms with Crippen molar-refractivity contribution in [3.63, 3.8) is 0 Å². The molecule has 1 aliphatic carbocycles. The Hall–Kier alpha value is -17.6. The van der Waals surface area contributed by atoms with Crippen molar-refractivity contribution in [3.05, 3.63) is 333 Å². The lowest BCUT2D eigenvalue weighted by molar-refractivity contribution is 0.656. The van der Waals surface area contributed by atoms with E-state index < -0.39 is 0 Å². The molecule has 0 saturated heterocycles. The molecule has 0 unspecified atom stereocenters. The summed E-state index contributed by atoms with van der Waals surface area (Å²) in [5.74, 6) is 2.41. The molecule has 0 aliphatic heterocycles. The number of benzene rings is 18. The van der Waals surface area contributed by atoms with E-state index in [1.165, 1.54) is 95.9 Å². The van der Waals surface area contributed by atoms with Crippen molar-refractivity contribution in [2.24, 2.45) is 0 Å². The molecule has 0 N–H and O–H groups in total. The predicted octanol–water partition coefficient (Wildman–Crippen LogP) is 32.0. The first-order valence-electron chi connectivity index (χ1n) is 44.9. The monoisotopic (exact) mass is 1720 g/mol. The summed E-state index contributed by atoms with van der Waals surface area (Å²) in [6.07, 6.45) is 0. The minimum Gasteiger partial charge on any atom is -0.456 e. The highest BCUT2D eigenvalue weighted by Crippen LogP contribution is 2.60. The van der Waals surface area contributed by atoms with E-state index in [0.29, 0.717) is 0 Å². The second-order valence-corrected chi connectivity index (χ2v) is 37.4. The van der Waals surface area contributed by atoms with Crippen LogP contribution >= 0.6 is 11.3 Å². The van der Waals surface area contributed by atoms with Crippen LogP contribution < -0.4 is 0 Å². The van der Waals surface area contributed by atoms with Crippen LogP contribution in [0.2, 0.25) is 0 Å². The van der Waals surface area contributed by atoms with Crippen LogP contribution in [-0.4, -0.2) is 43.6 Å². The third kappa shape index (κ3) is 8.62. The highest BCUT2D eigenvalue weighted by atomic mass is 32.1. The minimum absolute atomic E-state index is 0.151. The van der Waals surface area contributed by atoms with Gasteiger partial charge in [0.2, 0.25) is 0 Å². The van der Waals surface area contributed by atoms with Crippen molar-refractivity contribution in [2.75, 3.05) is 0 Å². The van der Waals surface area contributed by atoms with Gasteiger partial charge in [-0.2, -0.15) is 0 Å². The smallest absolute Gasteiger partial charge is 0.165 e. The Morgan fingerprint density at radius 3 is 0.789 bits per heavy atom. The summed E-state index contributed by atoms with van der Waals surface area (Å²) in [5, 5.41) is 28.2. The molecule has 0 atom stereocenters. The van der Waals surface area contributed by atoms with Gasteiger partial charge in [-0.3, -0.25) is 13.7 Å². The molecule has 1 aliphatic rings. The van der Waals surface area contributed by atoms with E-state index in [0.717, 1.165) is 238 Å². The average Bonchev–Trinajstić information content (AvgIpc) is 1.51. The van der Waals surface area contributed by atoms with Crippen molar-refractivity contribution in [1.29, 1.82) is 0 Å². The predicted molar refractivity (Wildman–Crippen MR) is 540 cm³/mol. The number of thiophene rings is 1. The summed E-state index contributed by atoms with van der Waals surface area (Å²) in [7, 11) is 0. The molecular formula is C117H59N9O6S. The fourth-order valence-corrected chi connectivity index (χ4v) is 25.1. The van der Waals surface area contributed by atoms with Gasteiger partial charge in [0.05, 0.1) is 66.2 Å². The zero-order chi connectivity index (χ0) is 86.1. The summed E-state index contributed by atoms with van der Waals surface area (Å²) in [5.41, 5.74) is 30.2. The molecule has 34 aromatic rings. The molecule has 133 heavy (non-hydrogen) atoms. The number of rotatable bonds is 6. The number of para-hydroxylation sites is 6. The first kappa shape index (κ1) is 69.5. The summed E-state index contributed by atoms with van der Waals surface area (Å²) >= 11 is 1.86. The molecular weight excluding hydrogens is 1660 g/mol. The lowest BCUT2D eigenvalue weighted by Gasteiger charge is -2.21. The largest absolute Gasteiger partial charge is 0.456 e. The second-order valence-electron chi connectivity index (χ2n) is 36.3. The maximum absolute atomic E-state index is 6.68. The van der Waals surface area contributed by atoms with Crippen LogP contribution in [0, 0.1) is 0 Å². The van der Waals surface area contributed by atoms with Gasteiger partial charge in [-0.05, 0) is 190 Å². The number of furan rings is 6. The Kier molecular flexibility index (Phi) is 12.7. The van der Waals surface area contributed by atoms with E-state index in [4.69, 9.17) is 56.4 Å². The SMILES string of the molecule is CC1(C)c2ccc3oc4ccc5c6c4c3c2c2c1ccc1oc3ccc(c6c3c12)n5-c1nc2ccccc2nc1-c1ccccc1.c1ccc(-c2nc3ccccc3nc2-n2c3ccc4oc5ccc6oc7ccc8oc9ccc2c2c9c8c7c6c5c4c23)cc1.c1ccc(-c2nc3ccccc3nc2-n2c3cccc4c5cccc6sc7ccc8oc9ccc2c(c9c8c7c65)c43)cc1. The minimum atomic E-state index is -0.151. The van der Waals surface area contributed by atoms with Crippen LogP contribution in [0.4, 0.5) is 0 Å². The van der Waals surface area contributed by atoms with Gasteiger partial charge < -0.3 is 26.5 Å². The summed E-state index contributed by atoms with van der Waals surface area (Å²) < 4.78 is 49.0. The van der Waals surface area contributed by atoms with E-state index in [9.17, 15) is 0 Å². The van der Waals surface area contributed by atoms with Crippen molar-refractivity contribution in [1.82, 2.24) is 43.6 Å². The number of fused-ring (bicyclic) bond motifs is 4. The van der Waals surface area contributed by atoms with Crippen LogP contribution in [0.3, 0.4) is 0 Å². The fourth-order valence-electron chi connectivity index (χ4n) is 24.0. The van der Waals surface area contributed by atoms with E-state index in [2.05, 4.69) is 222 Å². The van der Waals surface area contributed by atoms with Crippen LogP contribution in [0.25, 0.3) is 323 Å². The first-order valence-corrected chi connectivity index (χ1v) is 45.7. The Labute approximate surface area is 751 Å². The average molecular weight is 1720 g/mol. The lowest BCUT2D eigenvalue weighted by Crippen LogP contribution is -2.15. The van der Waals surface area contributed by atoms with E-state index >= 15 is 0 Å². The Morgan fingerprint density at radius 1 is 0.195 bits per heavy atom. The Morgan fingerprint density at radius 2 is 0.444 bits per heavy atom. The molecule has 0 bridgehead atoms. The molecule has 614 valence electrons. The molecule has 0 fully saturated rings. The molecule has 0 radical (unpaired) electrons. The van der Waals surface area contributed by atoms with Gasteiger partial charge >= 0.3 is 0 Å². The van der Waals surface area contributed by atoms with Crippen molar-refractivity contribution >= 4 is 283 Å². The summed E-state index contributed by atoms with van der Waals surface area (Å²) in [6.45, 7) is 4.68. The number of nitrogens with zero attached hydrogens (tertiary/aromatic N) is 9. The van der Waals surface area contributed by atoms with Crippen LogP contribution in [0.15, 0.2) is 348 Å². The summed E-state index contributed by atoms with van der Waals surface area (Å²) in [6, 6.07) is 112. The van der Waals surface area contributed by atoms with Gasteiger partial charge in [-0.15, -0.1) is 11.3 Å². The van der Waals surface area contributed by atoms with Crippen LogP contribution in [0.1, 0.15) is 25.0 Å². The molecule has 21 aromatic carbocycles. The van der Waals surface area contributed by atoms with E-state index in [-0.39, 0.29) is 5.41 Å². The van der Waals surface area contributed by atoms with Crippen LogP contribution in [-0.2, 0) is 5.41 Å². The highest BCUT2D eigenvalue weighted by molar-refractivity contribution is 7.26. The maximum atomic E-state index is 6.68. The lowest BCUT2D eigenvalue weighted by atomic mass is 9.81. The maximum Gasteiger partial charge on any atom is 0.165 e. The third-order valence-electron chi connectivity index (χ3n) is 29.3. The van der Waals surface area contributed by atoms with Gasteiger partial charge in [0.25, 0.3) is 0 Å². The normalized spacial score (nSPS) is 13.4.